The fourth-order valence-electron chi connectivity index (χ4n) is 2.64. The number of nitrogens with one attached hydrogen (secondary N) is 1. The molecular weight excluding hydrogens is 268 g/mol. The normalized spacial score (nSPS) is 17.0. The largest absolute Gasteiger partial charge is 0.465 e. The molecule has 1 aromatic rings. The Kier molecular flexibility index (Phi) is 4.96. The van der Waals surface area contributed by atoms with Crippen LogP contribution in [0.3, 0.4) is 0 Å². The Morgan fingerprint density at radius 2 is 1.81 bits per heavy atom. The number of ether oxygens (including phenoxy) is 1. The van der Waals surface area contributed by atoms with Crippen molar-refractivity contribution >= 4 is 11.9 Å². The Morgan fingerprint density at radius 1 is 1.19 bits per heavy atom. The fourth-order valence-corrected chi connectivity index (χ4v) is 2.64. The van der Waals surface area contributed by atoms with Crippen molar-refractivity contribution in [1.29, 1.82) is 0 Å². The van der Waals surface area contributed by atoms with Crippen LogP contribution in [-0.2, 0) is 16.1 Å². The van der Waals surface area contributed by atoms with Gasteiger partial charge in [0.2, 0.25) is 5.91 Å². The molecule has 0 spiro atoms. The van der Waals surface area contributed by atoms with E-state index in [1.165, 1.54) is 7.11 Å². The van der Waals surface area contributed by atoms with Crippen LogP contribution < -0.4 is 11.1 Å². The molecule has 0 radical (unpaired) electrons. The highest BCUT2D eigenvalue weighted by Gasteiger charge is 2.34. The molecule has 1 saturated carbocycles. The molecule has 0 atom stereocenters. The van der Waals surface area contributed by atoms with Crippen LogP contribution >= 0.6 is 0 Å². The number of benzene rings is 1. The molecule has 2 rings (SSSR count). The lowest BCUT2D eigenvalue weighted by atomic mass is 9.82. The van der Waals surface area contributed by atoms with E-state index in [0.717, 1.165) is 37.7 Å². The summed E-state index contributed by atoms with van der Waals surface area (Å²) < 4.78 is 4.64. The summed E-state index contributed by atoms with van der Waals surface area (Å²) in [5.74, 6) is -0.451. The van der Waals surface area contributed by atoms with Crippen molar-refractivity contribution in [3.05, 3.63) is 35.4 Å². The highest BCUT2D eigenvalue weighted by atomic mass is 16.5. The lowest BCUT2D eigenvalue weighted by Crippen LogP contribution is -2.54. The lowest BCUT2D eigenvalue weighted by molar-refractivity contribution is -0.127. The van der Waals surface area contributed by atoms with Crippen molar-refractivity contribution in [3.63, 3.8) is 0 Å². The molecule has 5 heteroatoms. The number of rotatable bonds is 4. The summed E-state index contributed by atoms with van der Waals surface area (Å²) >= 11 is 0. The third kappa shape index (κ3) is 3.82. The number of methoxy groups -OCH3 is 1. The van der Waals surface area contributed by atoms with E-state index in [-0.39, 0.29) is 11.9 Å². The van der Waals surface area contributed by atoms with Crippen LogP contribution in [0.2, 0.25) is 0 Å². The number of hydrogen-bond donors (Lipinski definition) is 2. The average molecular weight is 290 g/mol. The number of carbonyl (C=O) groups is 2. The zero-order chi connectivity index (χ0) is 15.3. The second-order valence-electron chi connectivity index (χ2n) is 5.59. The maximum atomic E-state index is 12.2. The summed E-state index contributed by atoms with van der Waals surface area (Å²) in [5, 5.41) is 2.89. The molecule has 0 aromatic heterocycles. The maximum absolute atomic E-state index is 12.2. The molecule has 3 N–H and O–H groups in total. The van der Waals surface area contributed by atoms with Crippen LogP contribution in [0.15, 0.2) is 24.3 Å². The third-order valence-corrected chi connectivity index (χ3v) is 4.03. The summed E-state index contributed by atoms with van der Waals surface area (Å²) in [5.41, 5.74) is 6.88. The lowest BCUT2D eigenvalue weighted by Gasteiger charge is -2.31. The Morgan fingerprint density at radius 3 is 2.38 bits per heavy atom. The molecule has 5 nitrogen and oxygen atoms in total. The van der Waals surface area contributed by atoms with Gasteiger partial charge in [-0.25, -0.2) is 4.79 Å². The van der Waals surface area contributed by atoms with Crippen molar-refractivity contribution in [2.45, 2.75) is 44.2 Å². The number of amides is 1. The van der Waals surface area contributed by atoms with Crippen molar-refractivity contribution in [1.82, 2.24) is 5.32 Å². The van der Waals surface area contributed by atoms with Gasteiger partial charge in [0.1, 0.15) is 0 Å². The van der Waals surface area contributed by atoms with Gasteiger partial charge < -0.3 is 15.8 Å². The number of carbonyl (C=O) groups excluding carboxylic acids is 2. The topological polar surface area (TPSA) is 81.4 Å². The molecule has 0 bridgehead atoms. The molecule has 1 aliphatic carbocycles. The zero-order valence-corrected chi connectivity index (χ0v) is 12.4. The summed E-state index contributed by atoms with van der Waals surface area (Å²) in [6.45, 7) is 0.416. The smallest absolute Gasteiger partial charge is 0.337 e. The number of esters is 1. The third-order valence-electron chi connectivity index (χ3n) is 4.03. The molecule has 0 unspecified atom stereocenters. The quantitative estimate of drug-likeness (QED) is 0.828. The minimum Gasteiger partial charge on any atom is -0.465 e. The van der Waals surface area contributed by atoms with Crippen LogP contribution in [0.4, 0.5) is 0 Å². The van der Waals surface area contributed by atoms with E-state index in [2.05, 4.69) is 10.1 Å². The zero-order valence-electron chi connectivity index (χ0n) is 12.4. The fraction of sp³-hybridized carbons (Fsp3) is 0.500. The van der Waals surface area contributed by atoms with Crippen LogP contribution in [0.25, 0.3) is 0 Å². The standard InChI is InChI=1S/C16H22N2O3/c1-21-14(19)13-7-5-12(6-8-13)11-18-15(20)16(17)9-3-2-4-10-16/h5-8H,2-4,9-11,17H2,1H3,(H,18,20). The second-order valence-corrected chi connectivity index (χ2v) is 5.59. The van der Waals surface area contributed by atoms with Crippen molar-refractivity contribution in [2.24, 2.45) is 5.73 Å². The van der Waals surface area contributed by atoms with Gasteiger partial charge in [-0.1, -0.05) is 31.4 Å². The molecule has 0 heterocycles. The SMILES string of the molecule is COC(=O)c1ccc(CNC(=O)C2(N)CCCCC2)cc1. The molecule has 1 amide bonds. The monoisotopic (exact) mass is 290 g/mol. The van der Waals surface area contributed by atoms with E-state index < -0.39 is 5.54 Å². The molecule has 1 aromatic carbocycles. The molecule has 1 aliphatic rings. The highest BCUT2D eigenvalue weighted by Crippen LogP contribution is 2.26. The number of hydrogen-bond acceptors (Lipinski definition) is 4. The van der Waals surface area contributed by atoms with Gasteiger partial charge in [-0.15, -0.1) is 0 Å². The highest BCUT2D eigenvalue weighted by molar-refractivity contribution is 5.89. The van der Waals surface area contributed by atoms with Gasteiger partial charge in [0.15, 0.2) is 0 Å². The predicted molar refractivity (Wildman–Crippen MR) is 79.6 cm³/mol. The van der Waals surface area contributed by atoms with Crippen LogP contribution in [0.1, 0.15) is 48.0 Å². The van der Waals surface area contributed by atoms with E-state index in [0.29, 0.717) is 12.1 Å². The van der Waals surface area contributed by atoms with Gasteiger partial charge >= 0.3 is 5.97 Å². The van der Waals surface area contributed by atoms with Crippen molar-refractivity contribution in [3.8, 4) is 0 Å². The first-order chi connectivity index (χ1) is 10.0. The van der Waals surface area contributed by atoms with Crippen molar-refractivity contribution < 1.29 is 14.3 Å². The number of nitrogens with two attached hydrogens (primary N) is 1. The van der Waals surface area contributed by atoms with Gasteiger partial charge in [0.05, 0.1) is 18.2 Å². The maximum Gasteiger partial charge on any atom is 0.337 e. The Hall–Kier alpha value is -1.88. The van der Waals surface area contributed by atoms with Gasteiger partial charge in [0, 0.05) is 6.54 Å². The van der Waals surface area contributed by atoms with Gasteiger partial charge in [-0.05, 0) is 30.5 Å². The molecule has 0 saturated heterocycles. The minimum atomic E-state index is -0.718. The first kappa shape index (κ1) is 15.5. The first-order valence-electron chi connectivity index (χ1n) is 7.29. The summed E-state index contributed by atoms with van der Waals surface area (Å²) in [6.07, 6.45) is 4.68. The van der Waals surface area contributed by atoms with E-state index in [9.17, 15) is 9.59 Å². The second kappa shape index (κ2) is 6.72. The summed E-state index contributed by atoms with van der Waals surface area (Å²) in [4.78, 5) is 23.5. The Bertz CT molecular complexity index is 505. The van der Waals surface area contributed by atoms with Crippen LogP contribution in [-0.4, -0.2) is 24.5 Å². The van der Waals surface area contributed by atoms with E-state index in [4.69, 9.17) is 5.73 Å². The minimum absolute atomic E-state index is 0.0840. The van der Waals surface area contributed by atoms with Crippen LogP contribution in [0, 0.1) is 0 Å². The molecule has 0 aliphatic heterocycles. The van der Waals surface area contributed by atoms with E-state index >= 15 is 0 Å². The summed E-state index contributed by atoms with van der Waals surface area (Å²) in [7, 11) is 1.35. The molecule has 114 valence electrons. The van der Waals surface area contributed by atoms with Gasteiger partial charge in [0.25, 0.3) is 0 Å². The van der Waals surface area contributed by atoms with E-state index in [1.54, 1.807) is 24.3 Å². The summed E-state index contributed by atoms with van der Waals surface area (Å²) in [6, 6.07) is 6.98. The van der Waals surface area contributed by atoms with Gasteiger partial charge in [-0.3, -0.25) is 4.79 Å². The molecular formula is C16H22N2O3. The van der Waals surface area contributed by atoms with Gasteiger partial charge in [-0.2, -0.15) is 0 Å². The molecule has 21 heavy (non-hydrogen) atoms. The average Bonchev–Trinajstić information content (AvgIpc) is 2.53. The first-order valence-corrected chi connectivity index (χ1v) is 7.29. The molecule has 1 fully saturated rings. The van der Waals surface area contributed by atoms with Crippen molar-refractivity contribution in [2.75, 3.05) is 7.11 Å². The Labute approximate surface area is 124 Å². The predicted octanol–water partition coefficient (Wildman–Crippen LogP) is 1.75. The van der Waals surface area contributed by atoms with Crippen LogP contribution in [0.5, 0.6) is 0 Å². The Balaban J connectivity index is 1.90. The van der Waals surface area contributed by atoms with E-state index in [1.807, 2.05) is 0 Å².